The number of para-hydroxylation sites is 1. The third-order valence-electron chi connectivity index (χ3n) is 8.86. The SMILES string of the molecule is c1ccc(-c2ccc(-c3nc(-c4cc5ccccc5c5c4ccc4c6ccccc6ccc45)nc4ccccc34)cc2)cc1. The molecule has 0 fully saturated rings. The predicted molar refractivity (Wildman–Crippen MR) is 186 cm³/mol. The molecule has 2 nitrogen and oxygen atoms in total. The Morgan fingerprint density at radius 2 is 0.955 bits per heavy atom. The molecule has 0 atom stereocenters. The molecule has 44 heavy (non-hydrogen) atoms. The van der Waals surface area contributed by atoms with Crippen LogP contribution in [0, 0.1) is 0 Å². The molecule has 204 valence electrons. The largest absolute Gasteiger partial charge is 0.228 e. The van der Waals surface area contributed by atoms with Crippen molar-refractivity contribution in [1.82, 2.24) is 9.97 Å². The van der Waals surface area contributed by atoms with Gasteiger partial charge in [-0.05, 0) is 66.3 Å². The van der Waals surface area contributed by atoms with Gasteiger partial charge in [0.15, 0.2) is 5.82 Å². The van der Waals surface area contributed by atoms with Crippen LogP contribution in [0.2, 0.25) is 0 Å². The average molecular weight is 559 g/mol. The van der Waals surface area contributed by atoms with E-state index in [0.29, 0.717) is 0 Å². The fraction of sp³-hybridized carbons (Fsp3) is 0. The molecular weight excluding hydrogens is 532 g/mol. The lowest BCUT2D eigenvalue weighted by Gasteiger charge is -2.15. The summed E-state index contributed by atoms with van der Waals surface area (Å²) in [6.45, 7) is 0. The molecule has 1 heterocycles. The van der Waals surface area contributed by atoms with Crippen molar-refractivity contribution in [1.29, 1.82) is 0 Å². The summed E-state index contributed by atoms with van der Waals surface area (Å²) in [5, 5.41) is 10.9. The van der Waals surface area contributed by atoms with Crippen molar-refractivity contribution in [3.63, 3.8) is 0 Å². The molecule has 0 saturated heterocycles. The second-order valence-corrected chi connectivity index (χ2v) is 11.4. The lowest BCUT2D eigenvalue weighted by atomic mass is 9.91. The highest BCUT2D eigenvalue weighted by Crippen LogP contribution is 2.41. The monoisotopic (exact) mass is 558 g/mol. The number of benzene rings is 8. The van der Waals surface area contributed by atoms with Crippen LogP contribution in [0.3, 0.4) is 0 Å². The number of rotatable bonds is 3. The molecule has 0 bridgehead atoms. The lowest BCUT2D eigenvalue weighted by molar-refractivity contribution is 1.24. The molecule has 2 heteroatoms. The summed E-state index contributed by atoms with van der Waals surface area (Å²) in [5.74, 6) is 0.738. The van der Waals surface area contributed by atoms with E-state index in [1.54, 1.807) is 0 Å². The van der Waals surface area contributed by atoms with E-state index in [1.165, 1.54) is 48.8 Å². The minimum Gasteiger partial charge on any atom is -0.228 e. The molecule has 0 amide bonds. The number of aromatic nitrogens is 2. The van der Waals surface area contributed by atoms with Crippen molar-refractivity contribution >= 4 is 54.0 Å². The van der Waals surface area contributed by atoms with Crippen molar-refractivity contribution in [2.75, 3.05) is 0 Å². The van der Waals surface area contributed by atoms with Gasteiger partial charge in [-0.15, -0.1) is 0 Å². The van der Waals surface area contributed by atoms with Crippen LogP contribution in [0.5, 0.6) is 0 Å². The van der Waals surface area contributed by atoms with Crippen LogP contribution in [0.15, 0.2) is 158 Å². The van der Waals surface area contributed by atoms with Crippen molar-refractivity contribution in [2.45, 2.75) is 0 Å². The number of hydrogen-bond donors (Lipinski definition) is 0. The highest BCUT2D eigenvalue weighted by molar-refractivity contribution is 6.27. The Balaban J connectivity index is 1.32. The molecule has 0 radical (unpaired) electrons. The van der Waals surface area contributed by atoms with E-state index in [1.807, 2.05) is 6.07 Å². The van der Waals surface area contributed by atoms with E-state index in [4.69, 9.17) is 9.97 Å². The molecule has 1 aromatic heterocycles. The minimum absolute atomic E-state index is 0.738. The van der Waals surface area contributed by atoms with E-state index in [-0.39, 0.29) is 0 Å². The molecule has 0 aliphatic heterocycles. The zero-order valence-corrected chi connectivity index (χ0v) is 23.9. The second-order valence-electron chi connectivity index (χ2n) is 11.4. The number of hydrogen-bond acceptors (Lipinski definition) is 2. The van der Waals surface area contributed by atoms with Gasteiger partial charge in [0.05, 0.1) is 11.2 Å². The Hall–Kier alpha value is -5.86. The van der Waals surface area contributed by atoms with E-state index in [0.717, 1.165) is 38.9 Å². The second kappa shape index (κ2) is 9.86. The van der Waals surface area contributed by atoms with Crippen molar-refractivity contribution in [3.8, 4) is 33.8 Å². The van der Waals surface area contributed by atoms with Gasteiger partial charge in [0, 0.05) is 16.5 Å². The first-order chi connectivity index (χ1) is 21.8. The first-order valence-electron chi connectivity index (χ1n) is 15.0. The summed E-state index contributed by atoms with van der Waals surface area (Å²) in [6.07, 6.45) is 0. The van der Waals surface area contributed by atoms with Gasteiger partial charge < -0.3 is 0 Å². The maximum absolute atomic E-state index is 5.32. The Morgan fingerprint density at radius 3 is 1.80 bits per heavy atom. The highest BCUT2D eigenvalue weighted by atomic mass is 14.9. The van der Waals surface area contributed by atoms with Crippen molar-refractivity contribution in [3.05, 3.63) is 158 Å². The van der Waals surface area contributed by atoms with Gasteiger partial charge in [-0.3, -0.25) is 0 Å². The molecule has 9 aromatic rings. The summed E-state index contributed by atoms with van der Waals surface area (Å²) < 4.78 is 0. The van der Waals surface area contributed by atoms with Gasteiger partial charge in [0.1, 0.15) is 0 Å². The van der Waals surface area contributed by atoms with Gasteiger partial charge >= 0.3 is 0 Å². The molecule has 8 aromatic carbocycles. The third-order valence-corrected chi connectivity index (χ3v) is 8.86. The Bertz CT molecular complexity index is 2530. The Labute approximate surface area is 254 Å². The predicted octanol–water partition coefficient (Wildman–Crippen LogP) is 11.2. The van der Waals surface area contributed by atoms with Crippen LogP contribution in [0.4, 0.5) is 0 Å². The number of fused-ring (bicyclic) bond motifs is 8. The normalized spacial score (nSPS) is 11.6. The van der Waals surface area contributed by atoms with Gasteiger partial charge in [0.2, 0.25) is 0 Å². The zero-order chi connectivity index (χ0) is 29.0. The summed E-state index contributed by atoms with van der Waals surface area (Å²) in [4.78, 5) is 10.5. The van der Waals surface area contributed by atoms with E-state index in [9.17, 15) is 0 Å². The Kier molecular flexibility index (Phi) is 5.54. The quantitative estimate of drug-likeness (QED) is 0.202. The molecule has 0 N–H and O–H groups in total. The van der Waals surface area contributed by atoms with Crippen LogP contribution in [-0.4, -0.2) is 9.97 Å². The maximum Gasteiger partial charge on any atom is 0.161 e. The van der Waals surface area contributed by atoms with Gasteiger partial charge in [-0.1, -0.05) is 146 Å². The zero-order valence-electron chi connectivity index (χ0n) is 23.9. The fourth-order valence-electron chi connectivity index (χ4n) is 6.74. The molecule has 0 saturated carbocycles. The topological polar surface area (TPSA) is 25.8 Å². The number of nitrogens with zero attached hydrogens (tertiary/aromatic N) is 2. The summed E-state index contributed by atoms with van der Waals surface area (Å²) in [7, 11) is 0. The minimum atomic E-state index is 0.738. The van der Waals surface area contributed by atoms with Crippen molar-refractivity contribution in [2.24, 2.45) is 0 Å². The maximum atomic E-state index is 5.32. The molecule has 0 aliphatic carbocycles. The van der Waals surface area contributed by atoms with Crippen LogP contribution >= 0.6 is 0 Å². The van der Waals surface area contributed by atoms with Gasteiger partial charge in [-0.25, -0.2) is 9.97 Å². The molecule has 0 aliphatic rings. The molecule has 9 rings (SSSR count). The van der Waals surface area contributed by atoms with E-state index >= 15 is 0 Å². The third kappa shape index (κ3) is 3.89. The molecule has 0 unspecified atom stereocenters. The van der Waals surface area contributed by atoms with E-state index in [2.05, 4.69) is 152 Å². The first-order valence-corrected chi connectivity index (χ1v) is 15.0. The molecular formula is C42H26N2. The average Bonchev–Trinajstić information content (AvgIpc) is 3.11. The standard InChI is InChI=1S/C42H26N2/c1-2-10-27(11-3-1)28-18-20-30(21-19-28)41-37-16-8-9-17-39(37)43-42(44-41)38-26-31-13-5-7-15-33(31)40-35-23-22-29-12-4-6-14-32(29)34(35)24-25-36(38)40/h1-26H. The highest BCUT2D eigenvalue weighted by Gasteiger charge is 2.17. The summed E-state index contributed by atoms with van der Waals surface area (Å²) in [6, 6.07) is 56.1. The fourth-order valence-corrected chi connectivity index (χ4v) is 6.74. The van der Waals surface area contributed by atoms with Crippen LogP contribution in [0.1, 0.15) is 0 Å². The van der Waals surface area contributed by atoms with Gasteiger partial charge in [-0.2, -0.15) is 0 Å². The first kappa shape index (κ1) is 24.7. The summed E-state index contributed by atoms with van der Waals surface area (Å²) >= 11 is 0. The van der Waals surface area contributed by atoms with Crippen LogP contribution in [0.25, 0.3) is 87.8 Å². The Morgan fingerprint density at radius 1 is 0.341 bits per heavy atom. The summed E-state index contributed by atoms with van der Waals surface area (Å²) in [5.41, 5.74) is 6.39. The molecule has 0 spiro atoms. The van der Waals surface area contributed by atoms with Crippen LogP contribution in [-0.2, 0) is 0 Å². The smallest absolute Gasteiger partial charge is 0.161 e. The van der Waals surface area contributed by atoms with Crippen molar-refractivity contribution < 1.29 is 0 Å². The van der Waals surface area contributed by atoms with Gasteiger partial charge in [0.25, 0.3) is 0 Å². The lowest BCUT2D eigenvalue weighted by Crippen LogP contribution is -1.96. The van der Waals surface area contributed by atoms with Crippen LogP contribution < -0.4 is 0 Å². The van der Waals surface area contributed by atoms with E-state index < -0.39 is 0 Å².